The summed E-state index contributed by atoms with van der Waals surface area (Å²) < 4.78 is 37.7. The molecule has 0 aliphatic rings. The van der Waals surface area contributed by atoms with Crippen LogP contribution in [0, 0.1) is 0 Å². The number of rotatable bonds is 8. The fourth-order valence-corrected chi connectivity index (χ4v) is 4.32. The molecule has 0 aliphatic heterocycles. The van der Waals surface area contributed by atoms with Gasteiger partial charge in [0.15, 0.2) is 5.82 Å². The number of aromatic nitrogens is 2. The van der Waals surface area contributed by atoms with Crippen molar-refractivity contribution in [3.63, 3.8) is 0 Å². The molecule has 0 atom stereocenters. The molecule has 0 spiro atoms. The van der Waals surface area contributed by atoms with Gasteiger partial charge in [0.2, 0.25) is 5.89 Å². The van der Waals surface area contributed by atoms with Crippen LogP contribution in [0.5, 0.6) is 5.75 Å². The van der Waals surface area contributed by atoms with Gasteiger partial charge in [0.05, 0.1) is 34.8 Å². The van der Waals surface area contributed by atoms with Gasteiger partial charge in [-0.1, -0.05) is 23.7 Å². The predicted molar refractivity (Wildman–Crippen MR) is 120 cm³/mol. The normalized spacial score (nSPS) is 11.3. The van der Waals surface area contributed by atoms with Crippen LogP contribution in [0.3, 0.4) is 0 Å². The summed E-state index contributed by atoms with van der Waals surface area (Å²) in [4.78, 5) is 18.4. The molecular weight excluding hydrogens is 456 g/mol. The van der Waals surface area contributed by atoms with E-state index in [2.05, 4.69) is 10.1 Å². The minimum Gasteiger partial charge on any atom is -0.497 e. The fourth-order valence-electron chi connectivity index (χ4n) is 2.90. The minimum atomic E-state index is -3.95. The van der Waals surface area contributed by atoms with Crippen molar-refractivity contribution in [3.05, 3.63) is 64.8 Å². The Hall–Kier alpha value is -3.11. The maximum absolute atomic E-state index is 13.2. The number of ether oxygens (including phenoxy) is 1. The number of benzene rings is 2. The molecule has 2 aromatic carbocycles. The monoisotopic (exact) mass is 478 g/mol. The molecule has 11 heteroatoms. The quantitative estimate of drug-likeness (QED) is 0.488. The van der Waals surface area contributed by atoms with Crippen molar-refractivity contribution >= 4 is 33.2 Å². The second kappa shape index (κ2) is 9.58. The lowest BCUT2D eigenvalue weighted by Crippen LogP contribution is -2.29. The van der Waals surface area contributed by atoms with Gasteiger partial charge >= 0.3 is 0 Å². The Kier molecular flexibility index (Phi) is 7.05. The summed E-state index contributed by atoms with van der Waals surface area (Å²) in [6.45, 7) is 1.95. The third-order valence-electron chi connectivity index (χ3n) is 4.81. The Balaban J connectivity index is 1.86. The van der Waals surface area contributed by atoms with Crippen molar-refractivity contribution in [1.82, 2.24) is 15.0 Å². The molecule has 170 valence electrons. The third kappa shape index (κ3) is 4.86. The molecule has 3 aromatic rings. The Morgan fingerprint density at radius 1 is 1.16 bits per heavy atom. The number of sulfonamides is 1. The summed E-state index contributed by atoms with van der Waals surface area (Å²) in [6.07, 6.45) is 0.606. The van der Waals surface area contributed by atoms with Gasteiger partial charge in [-0.05, 0) is 42.5 Å². The summed E-state index contributed by atoms with van der Waals surface area (Å²) in [6, 6.07) is 10.6. The van der Waals surface area contributed by atoms with Gasteiger partial charge in [0, 0.05) is 20.5 Å². The number of nitrogens with zero attached hydrogens (tertiary/aromatic N) is 4. The summed E-state index contributed by atoms with van der Waals surface area (Å²) in [5, 5.41) is 3.93. The summed E-state index contributed by atoms with van der Waals surface area (Å²) in [5.74, 6) is 0.940. The number of carbonyl (C=O) groups is 1. The van der Waals surface area contributed by atoms with Crippen LogP contribution in [-0.2, 0) is 23.0 Å². The van der Waals surface area contributed by atoms with E-state index in [9.17, 15) is 13.2 Å². The number of carbonyl (C=O) groups excluding carboxylic acids is 1. The lowest BCUT2D eigenvalue weighted by atomic mass is 10.2. The predicted octanol–water partition coefficient (Wildman–Crippen LogP) is 3.39. The van der Waals surface area contributed by atoms with E-state index in [-0.39, 0.29) is 27.9 Å². The summed E-state index contributed by atoms with van der Waals surface area (Å²) in [7, 11) is 0.553. The standard InChI is InChI=1S/C21H23ClN4O5S/c1-5-19-23-20(31-24-19)13-25(2)21(27)17-12-16(10-11-18(17)22)32(28,29)26(3)14-6-8-15(30-4)9-7-14/h6-12H,5,13H2,1-4H3. The summed E-state index contributed by atoms with van der Waals surface area (Å²) >= 11 is 6.22. The molecule has 3 rings (SSSR count). The molecule has 1 heterocycles. The highest BCUT2D eigenvalue weighted by atomic mass is 35.5. The lowest BCUT2D eigenvalue weighted by Gasteiger charge is -2.21. The number of hydrogen-bond donors (Lipinski definition) is 0. The number of anilines is 1. The van der Waals surface area contributed by atoms with Gasteiger partial charge in [0.1, 0.15) is 5.75 Å². The first-order valence-electron chi connectivity index (χ1n) is 9.66. The third-order valence-corrected chi connectivity index (χ3v) is 6.92. The second-order valence-corrected chi connectivity index (χ2v) is 9.31. The molecule has 0 saturated heterocycles. The van der Waals surface area contributed by atoms with Crippen molar-refractivity contribution in [1.29, 1.82) is 0 Å². The van der Waals surface area contributed by atoms with Crippen LogP contribution in [0.2, 0.25) is 5.02 Å². The van der Waals surface area contributed by atoms with E-state index in [0.29, 0.717) is 23.7 Å². The average molecular weight is 479 g/mol. The molecule has 1 amide bonds. The van der Waals surface area contributed by atoms with Crippen LogP contribution in [-0.4, -0.2) is 50.6 Å². The van der Waals surface area contributed by atoms with E-state index in [0.717, 1.165) is 4.31 Å². The maximum atomic E-state index is 13.2. The van der Waals surface area contributed by atoms with E-state index in [4.69, 9.17) is 20.9 Å². The van der Waals surface area contributed by atoms with Crippen LogP contribution in [0.15, 0.2) is 51.9 Å². The molecule has 0 N–H and O–H groups in total. The van der Waals surface area contributed by atoms with Gasteiger partial charge in [-0.3, -0.25) is 9.10 Å². The van der Waals surface area contributed by atoms with E-state index in [1.807, 2.05) is 6.92 Å². The molecule has 0 saturated carbocycles. The van der Waals surface area contributed by atoms with Crippen molar-refractivity contribution < 1.29 is 22.5 Å². The number of aryl methyl sites for hydroxylation is 1. The van der Waals surface area contributed by atoms with Gasteiger partial charge in [0.25, 0.3) is 15.9 Å². The van der Waals surface area contributed by atoms with E-state index >= 15 is 0 Å². The second-order valence-electron chi connectivity index (χ2n) is 6.93. The molecule has 0 fully saturated rings. The molecule has 32 heavy (non-hydrogen) atoms. The molecule has 1 aromatic heterocycles. The Labute approximate surface area is 191 Å². The zero-order valence-electron chi connectivity index (χ0n) is 18.1. The molecule has 0 unspecified atom stereocenters. The van der Waals surface area contributed by atoms with E-state index in [1.54, 1.807) is 31.3 Å². The minimum absolute atomic E-state index is 0.0496. The number of methoxy groups -OCH3 is 1. The van der Waals surface area contributed by atoms with Crippen LogP contribution in [0.1, 0.15) is 29.0 Å². The Bertz CT molecular complexity index is 1210. The zero-order valence-corrected chi connectivity index (χ0v) is 19.6. The van der Waals surface area contributed by atoms with Gasteiger partial charge < -0.3 is 14.2 Å². The van der Waals surface area contributed by atoms with Crippen molar-refractivity contribution in [2.45, 2.75) is 24.8 Å². The smallest absolute Gasteiger partial charge is 0.264 e. The van der Waals surface area contributed by atoms with Gasteiger partial charge in [-0.25, -0.2) is 8.42 Å². The first kappa shape index (κ1) is 23.6. The highest BCUT2D eigenvalue weighted by Gasteiger charge is 2.25. The SMILES string of the molecule is CCc1noc(CN(C)C(=O)c2cc(S(=O)(=O)N(C)c3ccc(OC)cc3)ccc2Cl)n1. The maximum Gasteiger partial charge on any atom is 0.264 e. The Morgan fingerprint density at radius 2 is 1.84 bits per heavy atom. The fraction of sp³-hybridized carbons (Fsp3) is 0.286. The van der Waals surface area contributed by atoms with Gasteiger partial charge in [-0.15, -0.1) is 0 Å². The highest BCUT2D eigenvalue weighted by Crippen LogP contribution is 2.27. The van der Waals surface area contributed by atoms with Crippen LogP contribution < -0.4 is 9.04 Å². The first-order chi connectivity index (χ1) is 15.2. The zero-order chi connectivity index (χ0) is 23.5. The van der Waals surface area contributed by atoms with Crippen molar-refractivity contribution in [3.8, 4) is 5.75 Å². The largest absolute Gasteiger partial charge is 0.497 e. The molecule has 0 radical (unpaired) electrons. The molecule has 0 aliphatic carbocycles. The molecule has 9 nitrogen and oxygen atoms in total. The number of hydrogen-bond acceptors (Lipinski definition) is 7. The van der Waals surface area contributed by atoms with Crippen molar-refractivity contribution in [2.75, 3.05) is 25.5 Å². The van der Waals surface area contributed by atoms with E-state index in [1.165, 1.54) is 37.3 Å². The number of amides is 1. The highest BCUT2D eigenvalue weighted by molar-refractivity contribution is 7.92. The Morgan fingerprint density at radius 3 is 2.44 bits per heavy atom. The summed E-state index contributed by atoms with van der Waals surface area (Å²) in [5.41, 5.74) is 0.488. The topological polar surface area (TPSA) is 106 Å². The molecular formula is C21H23ClN4O5S. The van der Waals surface area contributed by atoms with Crippen LogP contribution >= 0.6 is 11.6 Å². The van der Waals surface area contributed by atoms with Crippen molar-refractivity contribution in [2.24, 2.45) is 0 Å². The first-order valence-corrected chi connectivity index (χ1v) is 11.5. The average Bonchev–Trinajstić information content (AvgIpc) is 3.25. The van der Waals surface area contributed by atoms with Crippen LogP contribution in [0.4, 0.5) is 5.69 Å². The van der Waals surface area contributed by atoms with Crippen LogP contribution in [0.25, 0.3) is 0 Å². The molecule has 0 bridgehead atoms. The number of halogens is 1. The van der Waals surface area contributed by atoms with Gasteiger partial charge in [-0.2, -0.15) is 4.98 Å². The van der Waals surface area contributed by atoms with E-state index < -0.39 is 15.9 Å². The lowest BCUT2D eigenvalue weighted by molar-refractivity contribution is 0.0769.